The molecule has 280 valence electrons. The van der Waals surface area contributed by atoms with Gasteiger partial charge < -0.3 is 4.90 Å². The third-order valence-corrected chi connectivity index (χ3v) is 12.2. The van der Waals surface area contributed by atoms with Crippen molar-refractivity contribution in [1.29, 1.82) is 0 Å². The monoisotopic (exact) mass is 763 g/mol. The first-order chi connectivity index (χ1) is 29.8. The van der Waals surface area contributed by atoms with Crippen LogP contribution in [0.25, 0.3) is 93.0 Å². The average Bonchev–Trinajstić information content (AvgIpc) is 3.65. The maximum atomic E-state index is 5.02. The van der Waals surface area contributed by atoms with Gasteiger partial charge in [-0.2, -0.15) is 0 Å². The van der Waals surface area contributed by atoms with Crippen LogP contribution in [-0.2, 0) is 0 Å². The molecule has 12 rings (SSSR count). The second-order valence-corrected chi connectivity index (χ2v) is 15.5. The quantitative estimate of drug-likeness (QED) is 0.157. The predicted molar refractivity (Wildman–Crippen MR) is 254 cm³/mol. The maximum absolute atomic E-state index is 5.02. The van der Waals surface area contributed by atoms with Crippen LogP contribution >= 0.6 is 0 Å². The molecule has 2 heterocycles. The lowest BCUT2D eigenvalue weighted by atomic mass is 9.86. The number of hydrogen-bond acceptors (Lipinski definition) is 2. The standard InChI is InChI=1S/C57H37N3/c1-2-17-40(18-3-1)55-46-23-8-10-25-48(46)56(49-26-11-9-24-47(49)55)41-30-35-54-51(37-41)50-27-14-36-58-57(50)60(54)43-33-31-42(32-34-43)59(52-28-12-19-38-15-4-6-21-44(38)52)53-29-13-20-39-16-5-7-22-45(39)53/h1-37H. The summed E-state index contributed by atoms with van der Waals surface area (Å²) in [5, 5.41) is 12.1. The molecular weight excluding hydrogens is 727 g/mol. The number of rotatable bonds is 6. The van der Waals surface area contributed by atoms with Crippen LogP contribution in [0.15, 0.2) is 225 Å². The molecule has 2 aromatic heterocycles. The van der Waals surface area contributed by atoms with E-state index in [0.717, 1.165) is 39.3 Å². The van der Waals surface area contributed by atoms with Gasteiger partial charge in [0.1, 0.15) is 5.65 Å². The highest BCUT2D eigenvalue weighted by Gasteiger charge is 2.21. The fourth-order valence-electron chi connectivity index (χ4n) is 9.58. The first-order valence-electron chi connectivity index (χ1n) is 20.5. The molecule has 3 nitrogen and oxygen atoms in total. The molecule has 0 aliphatic heterocycles. The van der Waals surface area contributed by atoms with Crippen molar-refractivity contribution in [2.24, 2.45) is 0 Å². The normalized spacial score (nSPS) is 11.7. The molecule has 10 aromatic carbocycles. The molecule has 0 N–H and O–H groups in total. The molecule has 0 bridgehead atoms. The van der Waals surface area contributed by atoms with Gasteiger partial charge in [0.25, 0.3) is 0 Å². The summed E-state index contributed by atoms with van der Waals surface area (Å²) in [5.74, 6) is 0. The van der Waals surface area contributed by atoms with Crippen LogP contribution in [0.5, 0.6) is 0 Å². The Labute approximate surface area is 347 Å². The fourth-order valence-corrected chi connectivity index (χ4v) is 9.58. The Bertz CT molecular complexity index is 3460. The van der Waals surface area contributed by atoms with Gasteiger partial charge in [-0.15, -0.1) is 0 Å². The van der Waals surface area contributed by atoms with Gasteiger partial charge in [0.05, 0.1) is 16.9 Å². The maximum Gasteiger partial charge on any atom is 0.145 e. The second-order valence-electron chi connectivity index (χ2n) is 15.5. The third kappa shape index (κ3) is 5.33. The minimum absolute atomic E-state index is 0.937. The molecule has 0 fully saturated rings. The molecule has 0 amide bonds. The van der Waals surface area contributed by atoms with Crippen molar-refractivity contribution in [1.82, 2.24) is 9.55 Å². The number of aromatic nitrogens is 2. The SMILES string of the molecule is c1ccc(-c2c3ccccc3c(-c3ccc4c(c3)c3cccnc3n4-c3ccc(N(c4cccc5ccccc45)c4cccc5ccccc45)cc3)c3ccccc23)cc1. The Hall–Kier alpha value is -8.01. The lowest BCUT2D eigenvalue weighted by Gasteiger charge is -2.28. The number of anilines is 3. The van der Waals surface area contributed by atoms with E-state index in [1.807, 2.05) is 12.3 Å². The van der Waals surface area contributed by atoms with Gasteiger partial charge in [0.15, 0.2) is 0 Å². The molecule has 0 aliphatic carbocycles. The summed E-state index contributed by atoms with van der Waals surface area (Å²) < 4.78 is 2.31. The summed E-state index contributed by atoms with van der Waals surface area (Å²) in [5.41, 5.74) is 11.4. The third-order valence-electron chi connectivity index (χ3n) is 12.2. The van der Waals surface area contributed by atoms with Crippen LogP contribution in [0.2, 0.25) is 0 Å². The zero-order chi connectivity index (χ0) is 39.6. The molecule has 12 aromatic rings. The number of benzene rings is 10. The van der Waals surface area contributed by atoms with Gasteiger partial charge in [0, 0.05) is 39.1 Å². The average molecular weight is 764 g/mol. The first kappa shape index (κ1) is 34.1. The minimum atomic E-state index is 0.937. The van der Waals surface area contributed by atoms with Crippen molar-refractivity contribution < 1.29 is 0 Å². The molecule has 60 heavy (non-hydrogen) atoms. The fraction of sp³-hybridized carbons (Fsp3) is 0. The Morgan fingerprint density at radius 2 is 0.850 bits per heavy atom. The molecular formula is C57H37N3. The summed E-state index contributed by atoms with van der Waals surface area (Å²) in [6.45, 7) is 0. The van der Waals surface area contributed by atoms with Gasteiger partial charge in [-0.25, -0.2) is 4.98 Å². The number of pyridine rings is 1. The van der Waals surface area contributed by atoms with Gasteiger partial charge in [-0.05, 0) is 115 Å². The Kier molecular flexibility index (Phi) is 7.85. The molecule has 3 heteroatoms. The zero-order valence-electron chi connectivity index (χ0n) is 32.7. The van der Waals surface area contributed by atoms with Crippen molar-refractivity contribution in [2.75, 3.05) is 4.90 Å². The van der Waals surface area contributed by atoms with Crippen LogP contribution in [0.3, 0.4) is 0 Å². The van der Waals surface area contributed by atoms with Gasteiger partial charge in [-0.1, -0.05) is 158 Å². The number of hydrogen-bond donors (Lipinski definition) is 0. The van der Waals surface area contributed by atoms with Crippen molar-refractivity contribution >= 4 is 82.1 Å². The van der Waals surface area contributed by atoms with Gasteiger partial charge in [0.2, 0.25) is 0 Å². The lowest BCUT2D eigenvalue weighted by Crippen LogP contribution is -2.11. The summed E-state index contributed by atoms with van der Waals surface area (Å²) in [6, 6.07) is 79.2. The molecule has 0 atom stereocenters. The highest BCUT2D eigenvalue weighted by molar-refractivity contribution is 6.22. The Morgan fingerprint density at radius 1 is 0.350 bits per heavy atom. The highest BCUT2D eigenvalue weighted by Crippen LogP contribution is 2.46. The van der Waals surface area contributed by atoms with E-state index in [1.54, 1.807) is 0 Å². The molecule has 0 radical (unpaired) electrons. The van der Waals surface area contributed by atoms with E-state index in [2.05, 4.69) is 222 Å². The summed E-state index contributed by atoms with van der Waals surface area (Å²) >= 11 is 0. The number of fused-ring (bicyclic) bond motifs is 7. The first-order valence-corrected chi connectivity index (χ1v) is 20.5. The summed E-state index contributed by atoms with van der Waals surface area (Å²) in [6.07, 6.45) is 1.90. The van der Waals surface area contributed by atoms with E-state index in [9.17, 15) is 0 Å². The topological polar surface area (TPSA) is 21.1 Å². The van der Waals surface area contributed by atoms with Crippen molar-refractivity contribution in [3.63, 3.8) is 0 Å². The van der Waals surface area contributed by atoms with Crippen LogP contribution in [0.4, 0.5) is 17.1 Å². The highest BCUT2D eigenvalue weighted by atomic mass is 15.1. The second kappa shape index (κ2) is 13.8. The summed E-state index contributed by atoms with van der Waals surface area (Å²) in [4.78, 5) is 7.42. The van der Waals surface area contributed by atoms with Crippen LogP contribution in [-0.4, -0.2) is 9.55 Å². The van der Waals surface area contributed by atoms with Crippen molar-refractivity contribution in [3.8, 4) is 27.9 Å². The Morgan fingerprint density at radius 3 is 1.45 bits per heavy atom. The number of nitrogens with zero attached hydrogens (tertiary/aromatic N) is 3. The molecule has 0 aliphatic rings. The van der Waals surface area contributed by atoms with E-state index in [4.69, 9.17) is 4.98 Å². The van der Waals surface area contributed by atoms with E-state index in [1.165, 1.54) is 70.7 Å². The largest absolute Gasteiger partial charge is 0.309 e. The molecule has 0 spiro atoms. The Balaban J connectivity index is 1.04. The van der Waals surface area contributed by atoms with Gasteiger partial charge >= 0.3 is 0 Å². The molecule has 0 saturated carbocycles. The zero-order valence-corrected chi connectivity index (χ0v) is 32.7. The van der Waals surface area contributed by atoms with E-state index in [0.29, 0.717) is 0 Å². The van der Waals surface area contributed by atoms with Crippen LogP contribution in [0, 0.1) is 0 Å². The smallest absolute Gasteiger partial charge is 0.145 e. The predicted octanol–water partition coefficient (Wildman–Crippen LogP) is 15.6. The molecule has 0 unspecified atom stereocenters. The van der Waals surface area contributed by atoms with Crippen LogP contribution < -0.4 is 4.90 Å². The van der Waals surface area contributed by atoms with Crippen molar-refractivity contribution in [3.05, 3.63) is 225 Å². The summed E-state index contributed by atoms with van der Waals surface area (Å²) in [7, 11) is 0. The van der Waals surface area contributed by atoms with Gasteiger partial charge in [-0.3, -0.25) is 4.57 Å². The van der Waals surface area contributed by atoms with E-state index in [-0.39, 0.29) is 0 Å². The van der Waals surface area contributed by atoms with E-state index >= 15 is 0 Å². The molecule has 0 saturated heterocycles. The van der Waals surface area contributed by atoms with Crippen LogP contribution in [0.1, 0.15) is 0 Å². The van der Waals surface area contributed by atoms with Crippen molar-refractivity contribution in [2.45, 2.75) is 0 Å². The minimum Gasteiger partial charge on any atom is -0.309 e. The lowest BCUT2D eigenvalue weighted by molar-refractivity contribution is 1.13. The van der Waals surface area contributed by atoms with E-state index < -0.39 is 0 Å².